The molecule has 0 amide bonds. The minimum atomic E-state index is -1.03. The summed E-state index contributed by atoms with van der Waals surface area (Å²) in [6.45, 7) is -0.145. The molecular weight excluding hydrogens is 386 g/mol. The van der Waals surface area contributed by atoms with Gasteiger partial charge in [-0.05, 0) is 12.1 Å². The number of rotatable bonds is 7. The van der Waals surface area contributed by atoms with E-state index in [0.717, 1.165) is 6.07 Å². The Morgan fingerprint density at radius 3 is 2.34 bits per heavy atom. The molecule has 3 rings (SSSR count). The number of esters is 1. The number of ether oxygens (including phenoxy) is 5. The Morgan fingerprint density at radius 1 is 1.03 bits per heavy atom. The number of hydrogen-bond acceptors (Lipinski definition) is 9. The maximum atomic E-state index is 12.4. The number of fused-ring (bicyclic) bond motifs is 1. The molecule has 10 nitrogen and oxygen atoms in total. The summed E-state index contributed by atoms with van der Waals surface area (Å²) in [4.78, 5) is 35.4. The monoisotopic (exact) mass is 403 g/mol. The first-order valence-electron chi connectivity index (χ1n) is 8.45. The molecule has 2 aromatic carbocycles. The van der Waals surface area contributed by atoms with Gasteiger partial charge in [0, 0.05) is 12.1 Å². The second-order valence-corrected chi connectivity index (χ2v) is 5.84. The molecule has 1 heterocycles. The largest absolute Gasteiger partial charge is 0.497 e. The highest BCUT2D eigenvalue weighted by Crippen LogP contribution is 2.37. The Balaban J connectivity index is 1.79. The summed E-state index contributed by atoms with van der Waals surface area (Å²) in [7, 11) is 2.86. The summed E-state index contributed by atoms with van der Waals surface area (Å²) in [5.41, 5.74) is -0.666. The molecule has 1 aliphatic heterocycles. The number of ketones is 1. The molecule has 2 aromatic rings. The van der Waals surface area contributed by atoms with Gasteiger partial charge in [-0.2, -0.15) is 0 Å². The molecule has 0 saturated carbocycles. The van der Waals surface area contributed by atoms with Gasteiger partial charge in [0.2, 0.25) is 5.78 Å². The highest BCUT2D eigenvalue weighted by Gasteiger charge is 2.28. The molecule has 10 heteroatoms. The van der Waals surface area contributed by atoms with E-state index in [-0.39, 0.29) is 41.6 Å². The van der Waals surface area contributed by atoms with Crippen LogP contribution in [-0.2, 0) is 4.74 Å². The molecule has 0 N–H and O–H groups in total. The summed E-state index contributed by atoms with van der Waals surface area (Å²) < 4.78 is 25.9. The van der Waals surface area contributed by atoms with Gasteiger partial charge in [-0.1, -0.05) is 0 Å². The number of carbonyl (C=O) groups is 2. The van der Waals surface area contributed by atoms with Gasteiger partial charge in [0.15, 0.2) is 18.1 Å². The third-order valence-corrected chi connectivity index (χ3v) is 4.12. The van der Waals surface area contributed by atoms with Crippen LogP contribution in [0, 0.1) is 10.1 Å². The van der Waals surface area contributed by atoms with E-state index in [2.05, 4.69) is 0 Å². The number of Topliss-reactive ketones (excluding diaryl/α,β-unsaturated/α-hetero) is 1. The molecule has 0 saturated heterocycles. The highest BCUT2D eigenvalue weighted by atomic mass is 16.6. The van der Waals surface area contributed by atoms with Crippen molar-refractivity contribution in [1.29, 1.82) is 0 Å². The standard InChI is InChI=1S/C19H17NO9/c1-25-11-3-4-12(16(7-11)26-2)15(21)10-29-19(22)13-8-17-18(28-6-5-27-17)9-14(13)20(23)24/h3-4,7-9H,5-6,10H2,1-2H3. The first-order chi connectivity index (χ1) is 13.9. The fourth-order valence-corrected chi connectivity index (χ4v) is 2.71. The molecule has 0 unspecified atom stereocenters. The summed E-state index contributed by atoms with van der Waals surface area (Å²) in [5, 5.41) is 11.3. The number of nitrogens with zero attached hydrogens (tertiary/aromatic N) is 1. The number of hydrogen-bond donors (Lipinski definition) is 0. The molecule has 1 aliphatic rings. The second-order valence-electron chi connectivity index (χ2n) is 5.84. The average Bonchev–Trinajstić information content (AvgIpc) is 2.75. The third kappa shape index (κ3) is 4.21. The molecule has 152 valence electrons. The summed E-state index contributed by atoms with van der Waals surface area (Å²) in [6, 6.07) is 6.82. The Kier molecular flexibility index (Phi) is 5.82. The van der Waals surface area contributed by atoms with E-state index in [1.54, 1.807) is 6.07 Å². The molecule has 0 aliphatic carbocycles. The van der Waals surface area contributed by atoms with Gasteiger partial charge in [-0.3, -0.25) is 14.9 Å². The van der Waals surface area contributed by atoms with Crippen molar-refractivity contribution in [3.05, 3.63) is 51.6 Å². The molecule has 0 bridgehead atoms. The van der Waals surface area contributed by atoms with Crippen molar-refractivity contribution in [1.82, 2.24) is 0 Å². The summed E-state index contributed by atoms with van der Waals surface area (Å²) in [5.74, 6) is -0.485. The van der Waals surface area contributed by atoms with Gasteiger partial charge in [0.1, 0.15) is 30.3 Å². The molecule has 0 radical (unpaired) electrons. The maximum Gasteiger partial charge on any atom is 0.345 e. The van der Waals surface area contributed by atoms with Crippen LogP contribution in [0.25, 0.3) is 0 Å². The van der Waals surface area contributed by atoms with Crippen LogP contribution in [0.3, 0.4) is 0 Å². The zero-order valence-electron chi connectivity index (χ0n) is 15.6. The molecule has 0 spiro atoms. The van der Waals surface area contributed by atoms with Crippen LogP contribution < -0.4 is 18.9 Å². The lowest BCUT2D eigenvalue weighted by atomic mass is 10.1. The van der Waals surface area contributed by atoms with Crippen molar-refractivity contribution in [2.45, 2.75) is 0 Å². The van der Waals surface area contributed by atoms with Crippen molar-refractivity contribution < 1.29 is 38.2 Å². The number of benzene rings is 2. The van der Waals surface area contributed by atoms with Crippen LogP contribution in [0.1, 0.15) is 20.7 Å². The Labute approximate surface area is 165 Å². The highest BCUT2D eigenvalue weighted by molar-refractivity contribution is 6.02. The quantitative estimate of drug-likeness (QED) is 0.297. The van der Waals surface area contributed by atoms with Gasteiger partial charge in [-0.25, -0.2) is 4.79 Å². The first-order valence-corrected chi connectivity index (χ1v) is 8.45. The Bertz CT molecular complexity index is 970. The topological polar surface area (TPSA) is 123 Å². The lowest BCUT2D eigenvalue weighted by Gasteiger charge is -2.18. The Morgan fingerprint density at radius 2 is 1.72 bits per heavy atom. The molecule has 0 atom stereocenters. The van der Waals surface area contributed by atoms with Crippen LogP contribution in [0.15, 0.2) is 30.3 Å². The number of nitro groups is 1. The van der Waals surface area contributed by atoms with Gasteiger partial charge >= 0.3 is 5.97 Å². The van der Waals surface area contributed by atoms with Crippen molar-refractivity contribution >= 4 is 17.4 Å². The Hall–Kier alpha value is -3.82. The van der Waals surface area contributed by atoms with Crippen molar-refractivity contribution in [2.24, 2.45) is 0 Å². The lowest BCUT2D eigenvalue weighted by Crippen LogP contribution is -2.18. The van der Waals surface area contributed by atoms with Crippen LogP contribution in [0.5, 0.6) is 23.0 Å². The average molecular weight is 403 g/mol. The molecule has 0 aromatic heterocycles. The van der Waals surface area contributed by atoms with Crippen LogP contribution in [-0.4, -0.2) is 50.7 Å². The second kappa shape index (κ2) is 8.46. The number of nitro benzene ring substituents is 1. The zero-order chi connectivity index (χ0) is 21.0. The minimum absolute atomic E-state index is 0.165. The van der Waals surface area contributed by atoms with E-state index >= 15 is 0 Å². The smallest absolute Gasteiger partial charge is 0.345 e. The third-order valence-electron chi connectivity index (χ3n) is 4.12. The van der Waals surface area contributed by atoms with Gasteiger partial charge in [0.05, 0.1) is 30.8 Å². The zero-order valence-corrected chi connectivity index (χ0v) is 15.6. The van der Waals surface area contributed by atoms with E-state index in [1.807, 2.05) is 0 Å². The predicted molar refractivity (Wildman–Crippen MR) is 98.2 cm³/mol. The lowest BCUT2D eigenvalue weighted by molar-refractivity contribution is -0.385. The fraction of sp³-hybridized carbons (Fsp3) is 0.263. The van der Waals surface area contributed by atoms with Gasteiger partial charge in [0.25, 0.3) is 5.69 Å². The predicted octanol–water partition coefficient (Wildman–Crippen LogP) is 2.42. The van der Waals surface area contributed by atoms with E-state index in [9.17, 15) is 19.7 Å². The van der Waals surface area contributed by atoms with E-state index in [1.165, 1.54) is 32.4 Å². The van der Waals surface area contributed by atoms with Crippen molar-refractivity contribution in [3.63, 3.8) is 0 Å². The SMILES string of the molecule is COc1ccc(C(=O)COC(=O)c2cc3c(cc2[N+](=O)[O-])OCCO3)c(OC)c1. The van der Waals surface area contributed by atoms with Crippen molar-refractivity contribution in [2.75, 3.05) is 34.0 Å². The molecule has 0 fully saturated rings. The summed E-state index contributed by atoms with van der Waals surface area (Å²) in [6.07, 6.45) is 0. The van der Waals surface area contributed by atoms with E-state index < -0.39 is 29.0 Å². The first kappa shape index (κ1) is 19.9. The van der Waals surface area contributed by atoms with Crippen LogP contribution in [0.4, 0.5) is 5.69 Å². The molecular formula is C19H17NO9. The summed E-state index contributed by atoms with van der Waals surface area (Å²) >= 11 is 0. The number of carbonyl (C=O) groups excluding carboxylic acids is 2. The fourth-order valence-electron chi connectivity index (χ4n) is 2.71. The van der Waals surface area contributed by atoms with Gasteiger partial charge < -0.3 is 23.7 Å². The van der Waals surface area contributed by atoms with Crippen LogP contribution in [0.2, 0.25) is 0 Å². The maximum absolute atomic E-state index is 12.4. The normalized spacial score (nSPS) is 12.1. The van der Waals surface area contributed by atoms with E-state index in [4.69, 9.17) is 23.7 Å². The van der Waals surface area contributed by atoms with Gasteiger partial charge in [-0.15, -0.1) is 0 Å². The van der Waals surface area contributed by atoms with E-state index in [0.29, 0.717) is 5.75 Å². The molecule has 29 heavy (non-hydrogen) atoms. The van der Waals surface area contributed by atoms with Crippen molar-refractivity contribution in [3.8, 4) is 23.0 Å². The number of methoxy groups -OCH3 is 2. The van der Waals surface area contributed by atoms with Crippen LogP contribution >= 0.6 is 0 Å². The minimum Gasteiger partial charge on any atom is -0.497 e.